The highest BCUT2D eigenvalue weighted by atomic mass is 35.5. The van der Waals surface area contributed by atoms with Crippen molar-refractivity contribution in [2.75, 3.05) is 13.2 Å². The molecule has 0 spiro atoms. The molecule has 0 fully saturated rings. The number of pyridine rings is 1. The molecule has 1 heterocycles. The Morgan fingerprint density at radius 3 is 2.72 bits per heavy atom. The van der Waals surface area contributed by atoms with Crippen LogP contribution in [0.15, 0.2) is 30.5 Å². The van der Waals surface area contributed by atoms with Gasteiger partial charge in [-0.1, -0.05) is 37.1 Å². The minimum atomic E-state index is -0.278. The molecule has 0 saturated heterocycles. The van der Waals surface area contributed by atoms with E-state index in [4.69, 9.17) is 21.1 Å². The summed E-state index contributed by atoms with van der Waals surface area (Å²) in [7, 11) is 0. The number of allylic oxidation sites excluding steroid dienone is 2. The van der Waals surface area contributed by atoms with Crippen molar-refractivity contribution in [2.45, 2.75) is 52.9 Å². The molecule has 4 nitrogen and oxygen atoms in total. The number of carbonyl (C=O) groups is 1. The van der Waals surface area contributed by atoms with Gasteiger partial charge in [-0.2, -0.15) is 0 Å². The number of benzene rings is 1. The van der Waals surface area contributed by atoms with Gasteiger partial charge < -0.3 is 9.47 Å². The molecule has 0 aliphatic heterocycles. The van der Waals surface area contributed by atoms with Gasteiger partial charge in [-0.3, -0.25) is 0 Å². The summed E-state index contributed by atoms with van der Waals surface area (Å²) < 4.78 is 11.2. The number of carbonyl (C=O) groups excluding carboxylic acids is 1. The van der Waals surface area contributed by atoms with Gasteiger partial charge in [0.05, 0.1) is 23.8 Å². The van der Waals surface area contributed by atoms with Crippen molar-refractivity contribution < 1.29 is 14.3 Å². The second-order valence-corrected chi connectivity index (χ2v) is 7.71. The van der Waals surface area contributed by atoms with Crippen LogP contribution in [0.3, 0.4) is 0 Å². The highest BCUT2D eigenvalue weighted by Gasteiger charge is 2.23. The van der Waals surface area contributed by atoms with Crippen LogP contribution in [-0.4, -0.2) is 24.2 Å². The van der Waals surface area contributed by atoms with Gasteiger partial charge in [-0.25, -0.2) is 9.78 Å². The zero-order valence-corrected chi connectivity index (χ0v) is 18.1. The Morgan fingerprint density at radius 2 is 1.97 bits per heavy atom. The predicted molar refractivity (Wildman–Crippen MR) is 117 cm³/mol. The molecular formula is C24H28ClNO3. The summed E-state index contributed by atoms with van der Waals surface area (Å²) in [5, 5.41) is 0.595. The molecule has 3 rings (SSSR count). The zero-order valence-electron chi connectivity index (χ0n) is 17.4. The third-order valence-corrected chi connectivity index (χ3v) is 5.39. The van der Waals surface area contributed by atoms with Crippen LogP contribution in [0.4, 0.5) is 0 Å². The molecule has 0 bridgehead atoms. The van der Waals surface area contributed by atoms with Crippen LogP contribution in [0.1, 0.15) is 73.0 Å². The van der Waals surface area contributed by atoms with E-state index >= 15 is 0 Å². The number of ether oxygens (including phenoxy) is 2. The van der Waals surface area contributed by atoms with Crippen LogP contribution in [0.5, 0.6) is 5.88 Å². The molecule has 1 aromatic heterocycles. The summed E-state index contributed by atoms with van der Waals surface area (Å²) >= 11 is 6.27. The van der Waals surface area contributed by atoms with Crippen LogP contribution in [0.25, 0.3) is 11.1 Å². The van der Waals surface area contributed by atoms with E-state index in [0.29, 0.717) is 29.7 Å². The molecule has 1 aliphatic rings. The van der Waals surface area contributed by atoms with E-state index < -0.39 is 0 Å². The van der Waals surface area contributed by atoms with Crippen molar-refractivity contribution in [3.63, 3.8) is 0 Å². The number of halogens is 1. The Kier molecular flexibility index (Phi) is 7.32. The molecule has 5 heteroatoms. The van der Waals surface area contributed by atoms with Crippen LogP contribution in [0, 0.1) is 6.92 Å². The smallest absolute Gasteiger partial charge is 0.338 e. The molecule has 29 heavy (non-hydrogen) atoms. The third kappa shape index (κ3) is 4.99. The lowest BCUT2D eigenvalue weighted by Crippen LogP contribution is -2.07. The van der Waals surface area contributed by atoms with Crippen LogP contribution in [-0.2, 0) is 4.74 Å². The standard InChI is InChI=1S/C24H28ClNO3/c1-4-6-12-29-23-22(14-18(25)15-26-23)20-9-7-8-19(20)17-11-10-16(3)21(13-17)24(27)28-5-2/h10-11,13-15H,4-9,12H2,1-3H3. The van der Waals surface area contributed by atoms with E-state index in [2.05, 4.69) is 18.0 Å². The molecule has 1 aromatic carbocycles. The summed E-state index contributed by atoms with van der Waals surface area (Å²) in [5.74, 6) is 0.356. The van der Waals surface area contributed by atoms with Crippen molar-refractivity contribution in [1.82, 2.24) is 4.98 Å². The number of unbranched alkanes of at least 4 members (excludes halogenated alkanes) is 1. The lowest BCUT2D eigenvalue weighted by molar-refractivity contribution is 0.0525. The number of aryl methyl sites for hydroxylation is 1. The summed E-state index contributed by atoms with van der Waals surface area (Å²) in [6.07, 6.45) is 6.61. The second-order valence-electron chi connectivity index (χ2n) is 7.27. The quantitative estimate of drug-likeness (QED) is 0.366. The number of esters is 1. The average Bonchev–Trinajstić information content (AvgIpc) is 3.19. The highest BCUT2D eigenvalue weighted by molar-refractivity contribution is 6.30. The Hall–Kier alpha value is -2.33. The van der Waals surface area contributed by atoms with Crippen molar-refractivity contribution in [1.29, 1.82) is 0 Å². The van der Waals surface area contributed by atoms with E-state index in [-0.39, 0.29) is 5.97 Å². The summed E-state index contributed by atoms with van der Waals surface area (Å²) in [6, 6.07) is 7.95. The molecular weight excluding hydrogens is 386 g/mol. The van der Waals surface area contributed by atoms with E-state index in [1.807, 2.05) is 32.0 Å². The highest BCUT2D eigenvalue weighted by Crippen LogP contribution is 2.43. The minimum absolute atomic E-state index is 0.278. The number of nitrogens with zero attached hydrogens (tertiary/aromatic N) is 1. The van der Waals surface area contributed by atoms with Crippen LogP contribution in [0.2, 0.25) is 5.02 Å². The fourth-order valence-electron chi connectivity index (χ4n) is 3.67. The van der Waals surface area contributed by atoms with Gasteiger partial charge in [0.1, 0.15) is 0 Å². The second kappa shape index (κ2) is 9.93. The SMILES string of the molecule is CCCCOc1ncc(Cl)cc1C1=C(c2ccc(C)c(C(=O)OCC)c2)CCC1. The monoisotopic (exact) mass is 413 g/mol. The first kappa shape index (κ1) is 21.4. The van der Waals surface area contributed by atoms with Crippen molar-refractivity contribution >= 4 is 28.7 Å². The molecule has 0 amide bonds. The lowest BCUT2D eigenvalue weighted by Gasteiger charge is -2.15. The molecule has 0 saturated carbocycles. The fraction of sp³-hybridized carbons (Fsp3) is 0.417. The van der Waals surface area contributed by atoms with Gasteiger partial charge in [0, 0.05) is 11.8 Å². The minimum Gasteiger partial charge on any atom is -0.477 e. The van der Waals surface area contributed by atoms with Crippen molar-refractivity contribution in [2.24, 2.45) is 0 Å². The fourth-order valence-corrected chi connectivity index (χ4v) is 3.83. The van der Waals surface area contributed by atoms with Gasteiger partial charge in [0.25, 0.3) is 0 Å². The van der Waals surface area contributed by atoms with Gasteiger partial charge in [0.15, 0.2) is 0 Å². The number of rotatable bonds is 8. The van der Waals surface area contributed by atoms with Gasteiger partial charge >= 0.3 is 5.97 Å². The van der Waals surface area contributed by atoms with Gasteiger partial charge in [-0.15, -0.1) is 0 Å². The molecule has 0 unspecified atom stereocenters. The van der Waals surface area contributed by atoms with Gasteiger partial charge in [-0.05, 0) is 73.9 Å². The Balaban J connectivity index is 2.03. The van der Waals surface area contributed by atoms with E-state index in [0.717, 1.165) is 48.8 Å². The Bertz CT molecular complexity index is 920. The summed E-state index contributed by atoms with van der Waals surface area (Å²) in [6.45, 7) is 6.89. The predicted octanol–water partition coefficient (Wildman–Crippen LogP) is 6.49. The van der Waals surface area contributed by atoms with Crippen molar-refractivity contribution in [3.8, 4) is 5.88 Å². The first-order chi connectivity index (χ1) is 14.0. The van der Waals surface area contributed by atoms with E-state index in [1.54, 1.807) is 6.20 Å². The van der Waals surface area contributed by atoms with Gasteiger partial charge in [0.2, 0.25) is 5.88 Å². The third-order valence-electron chi connectivity index (χ3n) is 5.18. The number of hydrogen-bond acceptors (Lipinski definition) is 4. The largest absolute Gasteiger partial charge is 0.477 e. The maximum Gasteiger partial charge on any atom is 0.338 e. The molecule has 0 radical (unpaired) electrons. The molecule has 154 valence electrons. The van der Waals surface area contributed by atoms with Crippen molar-refractivity contribution in [3.05, 3.63) is 57.7 Å². The average molecular weight is 414 g/mol. The molecule has 1 aliphatic carbocycles. The molecule has 0 N–H and O–H groups in total. The first-order valence-electron chi connectivity index (χ1n) is 10.3. The van der Waals surface area contributed by atoms with Crippen LogP contribution < -0.4 is 4.74 Å². The maximum atomic E-state index is 12.3. The number of hydrogen-bond donors (Lipinski definition) is 0. The van der Waals surface area contributed by atoms with Crippen LogP contribution >= 0.6 is 11.6 Å². The Morgan fingerprint density at radius 1 is 1.17 bits per heavy atom. The normalized spacial score (nSPS) is 13.7. The van der Waals surface area contributed by atoms with E-state index in [9.17, 15) is 4.79 Å². The first-order valence-corrected chi connectivity index (χ1v) is 10.7. The summed E-state index contributed by atoms with van der Waals surface area (Å²) in [4.78, 5) is 16.8. The lowest BCUT2D eigenvalue weighted by atomic mass is 9.95. The summed E-state index contributed by atoms with van der Waals surface area (Å²) in [5.41, 5.74) is 5.96. The zero-order chi connectivity index (χ0) is 20.8. The molecule has 2 aromatic rings. The topological polar surface area (TPSA) is 48.4 Å². The van der Waals surface area contributed by atoms with E-state index in [1.165, 1.54) is 11.1 Å². The number of aromatic nitrogens is 1. The molecule has 0 atom stereocenters. The Labute approximate surface area is 177 Å². The maximum absolute atomic E-state index is 12.3.